The van der Waals surface area contributed by atoms with Gasteiger partial charge in [-0.1, -0.05) is 22.0 Å². The molecule has 2 aromatic carbocycles. The van der Waals surface area contributed by atoms with E-state index in [0.717, 1.165) is 15.2 Å². The molecule has 0 fully saturated rings. The molecule has 0 aliphatic heterocycles. The third-order valence-electron chi connectivity index (χ3n) is 2.99. The molecule has 0 bridgehead atoms. The van der Waals surface area contributed by atoms with Crippen LogP contribution in [0.3, 0.4) is 0 Å². The third kappa shape index (κ3) is 2.30. The van der Waals surface area contributed by atoms with Crippen LogP contribution in [0.2, 0.25) is 0 Å². The van der Waals surface area contributed by atoms with Gasteiger partial charge in [0, 0.05) is 23.0 Å². The van der Waals surface area contributed by atoms with Crippen LogP contribution in [0.5, 0.6) is 5.75 Å². The molecule has 1 heterocycles. The Bertz CT molecular complexity index is 838. The number of fused-ring (bicyclic) bond motifs is 3. The summed E-state index contributed by atoms with van der Waals surface area (Å²) in [6.07, 6.45) is 0. The van der Waals surface area contributed by atoms with Crippen molar-refractivity contribution in [3.8, 4) is 5.75 Å². The number of methoxy groups -OCH3 is 1. The van der Waals surface area contributed by atoms with Crippen LogP contribution in [0.25, 0.3) is 21.7 Å². The summed E-state index contributed by atoms with van der Waals surface area (Å²) in [6.45, 7) is 0.149. The third-order valence-corrected chi connectivity index (χ3v) is 3.48. The zero-order valence-corrected chi connectivity index (χ0v) is 12.3. The number of hydrogen-bond donors (Lipinski definition) is 0. The Balaban J connectivity index is 2.25. The van der Waals surface area contributed by atoms with Crippen LogP contribution < -0.4 is 10.4 Å². The molecule has 0 atom stereocenters. The minimum Gasteiger partial charge on any atom is -0.467 e. The summed E-state index contributed by atoms with van der Waals surface area (Å²) >= 11 is 3.36. The fraction of sp³-hybridized carbons (Fsp3) is 0.133. The molecule has 0 radical (unpaired) electrons. The van der Waals surface area contributed by atoms with Crippen LogP contribution in [-0.4, -0.2) is 13.9 Å². The highest BCUT2D eigenvalue weighted by Crippen LogP contribution is 2.27. The molecule has 1 aromatic heterocycles. The first kappa shape index (κ1) is 13.1. The van der Waals surface area contributed by atoms with Gasteiger partial charge >= 0.3 is 5.63 Å². The van der Waals surface area contributed by atoms with E-state index in [0.29, 0.717) is 16.7 Å². The number of halogens is 1. The van der Waals surface area contributed by atoms with Gasteiger partial charge in [-0.3, -0.25) is 0 Å². The van der Waals surface area contributed by atoms with Gasteiger partial charge in [-0.2, -0.15) is 0 Å². The predicted molar refractivity (Wildman–Crippen MR) is 80.2 cm³/mol. The van der Waals surface area contributed by atoms with Crippen LogP contribution in [0, 0.1) is 0 Å². The molecular weight excluding hydrogens is 324 g/mol. The second kappa shape index (κ2) is 5.26. The number of benzene rings is 2. The molecule has 3 aromatic rings. The van der Waals surface area contributed by atoms with Crippen LogP contribution in [0.4, 0.5) is 0 Å². The molecule has 3 rings (SSSR count). The molecule has 20 heavy (non-hydrogen) atoms. The lowest BCUT2D eigenvalue weighted by Crippen LogP contribution is -2.01. The van der Waals surface area contributed by atoms with Crippen LogP contribution in [0.1, 0.15) is 0 Å². The largest absolute Gasteiger partial charge is 0.467 e. The zero-order valence-electron chi connectivity index (χ0n) is 10.7. The van der Waals surface area contributed by atoms with Crippen molar-refractivity contribution in [2.45, 2.75) is 0 Å². The van der Waals surface area contributed by atoms with E-state index in [4.69, 9.17) is 13.9 Å². The molecule has 5 heteroatoms. The molecule has 0 spiro atoms. The van der Waals surface area contributed by atoms with E-state index in [1.807, 2.05) is 24.3 Å². The topological polar surface area (TPSA) is 48.7 Å². The van der Waals surface area contributed by atoms with E-state index in [2.05, 4.69) is 15.9 Å². The van der Waals surface area contributed by atoms with E-state index in [9.17, 15) is 4.79 Å². The first-order valence-electron chi connectivity index (χ1n) is 5.97. The van der Waals surface area contributed by atoms with Crippen molar-refractivity contribution in [3.05, 3.63) is 51.3 Å². The van der Waals surface area contributed by atoms with Gasteiger partial charge in [0.05, 0.1) is 5.39 Å². The van der Waals surface area contributed by atoms with Gasteiger partial charge < -0.3 is 13.9 Å². The van der Waals surface area contributed by atoms with Gasteiger partial charge in [0.15, 0.2) is 6.79 Å². The van der Waals surface area contributed by atoms with E-state index in [-0.39, 0.29) is 12.4 Å². The lowest BCUT2D eigenvalue weighted by atomic mass is 10.1. The first-order valence-corrected chi connectivity index (χ1v) is 6.76. The van der Waals surface area contributed by atoms with Crippen LogP contribution in [-0.2, 0) is 4.74 Å². The van der Waals surface area contributed by atoms with E-state index in [1.54, 1.807) is 19.2 Å². The Kier molecular flexibility index (Phi) is 3.46. The maximum absolute atomic E-state index is 12.0. The van der Waals surface area contributed by atoms with E-state index < -0.39 is 0 Å². The monoisotopic (exact) mass is 334 g/mol. The zero-order chi connectivity index (χ0) is 14.1. The SMILES string of the molecule is COCOc1ccc2c(c1)oc(=O)c1cc(Br)ccc12. The van der Waals surface area contributed by atoms with Crippen LogP contribution >= 0.6 is 15.9 Å². The minimum absolute atomic E-state index is 0.149. The van der Waals surface area contributed by atoms with Crippen LogP contribution in [0.15, 0.2) is 50.1 Å². The summed E-state index contributed by atoms with van der Waals surface area (Å²) < 4.78 is 16.4. The maximum Gasteiger partial charge on any atom is 0.344 e. The van der Waals surface area contributed by atoms with E-state index >= 15 is 0 Å². The fourth-order valence-electron chi connectivity index (χ4n) is 2.10. The molecule has 102 valence electrons. The highest BCUT2D eigenvalue weighted by Gasteiger charge is 2.08. The number of rotatable bonds is 3. The van der Waals surface area contributed by atoms with Gasteiger partial charge in [-0.25, -0.2) is 4.79 Å². The second-order valence-corrected chi connectivity index (χ2v) is 5.20. The summed E-state index contributed by atoms with van der Waals surface area (Å²) in [6, 6.07) is 10.9. The van der Waals surface area contributed by atoms with Gasteiger partial charge in [-0.15, -0.1) is 0 Å². The Morgan fingerprint density at radius 3 is 2.70 bits per heavy atom. The standard InChI is InChI=1S/C15H11BrO4/c1-18-8-19-10-3-5-12-11-4-2-9(16)6-13(11)15(17)20-14(12)7-10/h2-7H,8H2,1H3. The molecule has 0 amide bonds. The van der Waals surface area contributed by atoms with Crippen molar-refractivity contribution in [1.29, 1.82) is 0 Å². The van der Waals surface area contributed by atoms with Crippen molar-refractivity contribution in [2.75, 3.05) is 13.9 Å². The molecular formula is C15H11BrO4. The van der Waals surface area contributed by atoms with Gasteiger partial charge in [-0.05, 0) is 29.7 Å². The normalized spacial score (nSPS) is 11.1. The average molecular weight is 335 g/mol. The van der Waals surface area contributed by atoms with Crippen molar-refractivity contribution < 1.29 is 13.9 Å². The summed E-state index contributed by atoms with van der Waals surface area (Å²) in [5, 5.41) is 2.28. The first-order chi connectivity index (χ1) is 9.69. The summed E-state index contributed by atoms with van der Waals surface area (Å²) in [5.41, 5.74) is 0.135. The van der Waals surface area contributed by atoms with Crippen molar-refractivity contribution in [1.82, 2.24) is 0 Å². The predicted octanol–water partition coefficient (Wildman–Crippen LogP) is 3.69. The second-order valence-electron chi connectivity index (χ2n) is 4.29. The Morgan fingerprint density at radius 1 is 1.10 bits per heavy atom. The van der Waals surface area contributed by atoms with Crippen molar-refractivity contribution in [2.24, 2.45) is 0 Å². The minimum atomic E-state index is -0.363. The van der Waals surface area contributed by atoms with Gasteiger partial charge in [0.25, 0.3) is 0 Å². The summed E-state index contributed by atoms with van der Waals surface area (Å²) in [4.78, 5) is 12.0. The van der Waals surface area contributed by atoms with Crippen molar-refractivity contribution >= 4 is 37.7 Å². The Labute approximate surface area is 123 Å². The highest BCUT2D eigenvalue weighted by molar-refractivity contribution is 9.10. The number of ether oxygens (including phenoxy) is 2. The molecule has 0 aliphatic rings. The molecule has 0 N–H and O–H groups in total. The molecule has 0 saturated carbocycles. The van der Waals surface area contributed by atoms with Gasteiger partial charge in [0.1, 0.15) is 11.3 Å². The summed E-state index contributed by atoms with van der Waals surface area (Å²) in [7, 11) is 1.55. The molecule has 0 aliphatic carbocycles. The molecule has 0 unspecified atom stereocenters. The average Bonchev–Trinajstić information content (AvgIpc) is 2.45. The van der Waals surface area contributed by atoms with E-state index in [1.165, 1.54) is 0 Å². The number of hydrogen-bond acceptors (Lipinski definition) is 4. The Morgan fingerprint density at radius 2 is 1.90 bits per heavy atom. The summed E-state index contributed by atoms with van der Waals surface area (Å²) in [5.74, 6) is 0.596. The van der Waals surface area contributed by atoms with Gasteiger partial charge in [0.2, 0.25) is 0 Å². The highest BCUT2D eigenvalue weighted by atomic mass is 79.9. The maximum atomic E-state index is 12.0. The lowest BCUT2D eigenvalue weighted by molar-refractivity contribution is 0.0512. The molecule has 0 saturated heterocycles. The Hall–Kier alpha value is -1.85. The lowest BCUT2D eigenvalue weighted by Gasteiger charge is -2.07. The molecule has 4 nitrogen and oxygen atoms in total. The quantitative estimate of drug-likeness (QED) is 0.416. The smallest absolute Gasteiger partial charge is 0.344 e. The van der Waals surface area contributed by atoms with Crippen molar-refractivity contribution in [3.63, 3.8) is 0 Å². The fourth-order valence-corrected chi connectivity index (χ4v) is 2.46.